The highest BCUT2D eigenvalue weighted by Gasteiger charge is 2.47. The number of aromatic nitrogens is 1. The Labute approximate surface area is 172 Å². The number of nitrogens with one attached hydrogen (secondary N) is 1. The summed E-state index contributed by atoms with van der Waals surface area (Å²) in [5.41, 5.74) is 0.123. The van der Waals surface area contributed by atoms with E-state index in [4.69, 9.17) is 16.9 Å². The monoisotopic (exact) mass is 442 g/mol. The van der Waals surface area contributed by atoms with E-state index < -0.39 is 43.3 Å². The molecule has 1 fully saturated rings. The summed E-state index contributed by atoms with van der Waals surface area (Å²) in [4.78, 5) is 30.2. The van der Waals surface area contributed by atoms with Crippen LogP contribution in [-0.4, -0.2) is 46.8 Å². The molecule has 1 aliphatic heterocycles. The summed E-state index contributed by atoms with van der Waals surface area (Å²) < 4.78 is 27.4. The molecule has 1 aromatic carbocycles. The van der Waals surface area contributed by atoms with Gasteiger partial charge in [-0.1, -0.05) is 23.4 Å². The summed E-state index contributed by atoms with van der Waals surface area (Å²) in [5, 5.41) is 13.4. The van der Waals surface area contributed by atoms with Crippen molar-refractivity contribution in [3.63, 3.8) is 0 Å². The lowest BCUT2D eigenvalue weighted by molar-refractivity contribution is -0.131. The van der Waals surface area contributed by atoms with Crippen LogP contribution in [0.15, 0.2) is 38.9 Å². The molecule has 0 radical (unpaired) electrons. The van der Waals surface area contributed by atoms with E-state index in [2.05, 4.69) is 10.3 Å². The van der Waals surface area contributed by atoms with E-state index in [1.165, 1.54) is 23.1 Å². The van der Waals surface area contributed by atoms with Gasteiger partial charge >= 0.3 is 0 Å². The van der Waals surface area contributed by atoms with E-state index in [9.17, 15) is 18.4 Å². The third-order valence-corrected chi connectivity index (χ3v) is 6.07. The Morgan fingerprint density at radius 2 is 2.14 bits per heavy atom. The predicted molar refractivity (Wildman–Crippen MR) is 101 cm³/mol. The number of carbonyl (C=O) groups excluding carboxylic acids is 2. The second-order valence-electron chi connectivity index (χ2n) is 5.96. The molecule has 11 heteroatoms. The van der Waals surface area contributed by atoms with Crippen molar-refractivity contribution in [3.8, 4) is 6.07 Å². The van der Waals surface area contributed by atoms with Gasteiger partial charge in [-0.2, -0.15) is 5.26 Å². The first-order chi connectivity index (χ1) is 13.3. The molecule has 0 aliphatic carbocycles. The third-order valence-electron chi connectivity index (χ3n) is 3.87. The number of likely N-dealkylation sites (tertiary alicyclic amines) is 1. The summed E-state index contributed by atoms with van der Waals surface area (Å²) in [6.45, 7) is -1.30. The molecule has 1 atom stereocenters. The quantitative estimate of drug-likeness (QED) is 0.766. The van der Waals surface area contributed by atoms with E-state index >= 15 is 0 Å². The summed E-state index contributed by atoms with van der Waals surface area (Å²) in [6, 6.07) is 7.63. The van der Waals surface area contributed by atoms with Crippen LogP contribution in [0.5, 0.6) is 0 Å². The van der Waals surface area contributed by atoms with E-state index in [0.29, 0.717) is 9.36 Å². The van der Waals surface area contributed by atoms with Crippen LogP contribution in [0.2, 0.25) is 5.02 Å². The minimum absolute atomic E-state index is 0.123. The van der Waals surface area contributed by atoms with Gasteiger partial charge < -0.3 is 10.2 Å². The summed E-state index contributed by atoms with van der Waals surface area (Å²) in [6.07, 6.45) is -0.694. The minimum atomic E-state index is -3.09. The van der Waals surface area contributed by atoms with E-state index in [1.807, 2.05) is 12.1 Å². The molecule has 3 rings (SSSR count). The fourth-order valence-corrected chi connectivity index (χ4v) is 4.45. The van der Waals surface area contributed by atoms with Crippen LogP contribution in [0.3, 0.4) is 0 Å². The number of carbonyl (C=O) groups is 2. The average molecular weight is 443 g/mol. The van der Waals surface area contributed by atoms with Crippen molar-refractivity contribution >= 4 is 46.5 Å². The molecule has 1 saturated heterocycles. The normalized spacial score (nSPS) is 17.9. The lowest BCUT2D eigenvalue weighted by atomic mass is 10.2. The maximum Gasteiger partial charge on any atom is 0.271 e. The van der Waals surface area contributed by atoms with Gasteiger partial charge in [0.05, 0.1) is 19.2 Å². The standard InChI is InChI=1S/C17H13ClF2N4O2S2/c18-10-1-3-12(4-2-10)28-16-23-13(8-27-16)15(26)22-7-14(25)24-9-17(19,20)5-11(24)6-21/h1-4,8,11H,5,7,9H2,(H,22,26)/t11-/m0/s1. The van der Waals surface area contributed by atoms with Crippen molar-refractivity contribution < 1.29 is 18.4 Å². The molecule has 2 heterocycles. The van der Waals surface area contributed by atoms with Gasteiger partial charge in [-0.25, -0.2) is 13.8 Å². The summed E-state index contributed by atoms with van der Waals surface area (Å²) in [5.74, 6) is -4.42. The van der Waals surface area contributed by atoms with Crippen LogP contribution < -0.4 is 5.32 Å². The van der Waals surface area contributed by atoms with Crippen molar-refractivity contribution in [2.75, 3.05) is 13.1 Å². The van der Waals surface area contributed by atoms with Gasteiger partial charge in [-0.15, -0.1) is 11.3 Å². The number of rotatable bonds is 5. The SMILES string of the molecule is N#C[C@@H]1CC(F)(F)CN1C(=O)CNC(=O)c1csc(Sc2ccc(Cl)cc2)n1. The molecule has 6 nitrogen and oxygen atoms in total. The molecule has 28 heavy (non-hydrogen) atoms. The van der Waals surface area contributed by atoms with E-state index in [0.717, 1.165) is 9.80 Å². The molecule has 0 saturated carbocycles. The maximum absolute atomic E-state index is 13.4. The smallest absolute Gasteiger partial charge is 0.271 e. The Balaban J connectivity index is 1.55. The number of hydrogen-bond acceptors (Lipinski definition) is 6. The molecular weight excluding hydrogens is 430 g/mol. The molecule has 2 aromatic rings. The van der Waals surface area contributed by atoms with Crippen molar-refractivity contribution in [2.24, 2.45) is 0 Å². The zero-order valence-corrected chi connectivity index (χ0v) is 16.6. The van der Waals surface area contributed by atoms with E-state index in [-0.39, 0.29) is 5.69 Å². The average Bonchev–Trinajstić information content (AvgIpc) is 3.25. The van der Waals surface area contributed by atoms with Crippen molar-refractivity contribution in [1.82, 2.24) is 15.2 Å². The van der Waals surface area contributed by atoms with Crippen LogP contribution in [0.1, 0.15) is 16.9 Å². The summed E-state index contributed by atoms with van der Waals surface area (Å²) >= 11 is 8.45. The fraction of sp³-hybridized carbons (Fsp3) is 0.294. The van der Waals surface area contributed by atoms with E-state index in [1.54, 1.807) is 23.6 Å². The molecule has 146 valence electrons. The number of nitrogens with zero attached hydrogens (tertiary/aromatic N) is 3. The molecule has 0 bridgehead atoms. The van der Waals surface area contributed by atoms with Gasteiger partial charge in [-0.3, -0.25) is 9.59 Å². The molecule has 0 spiro atoms. The van der Waals surface area contributed by atoms with Crippen LogP contribution in [0, 0.1) is 11.3 Å². The number of hydrogen-bond donors (Lipinski definition) is 1. The Hall–Kier alpha value is -2.22. The lowest BCUT2D eigenvalue weighted by Crippen LogP contribution is -2.43. The number of thiazole rings is 1. The number of nitriles is 1. The Kier molecular flexibility index (Phi) is 6.17. The molecule has 1 aliphatic rings. The first-order valence-electron chi connectivity index (χ1n) is 8.01. The molecule has 1 N–H and O–H groups in total. The highest BCUT2D eigenvalue weighted by Crippen LogP contribution is 2.32. The van der Waals surface area contributed by atoms with Gasteiger partial charge in [0.2, 0.25) is 5.91 Å². The molecule has 1 aromatic heterocycles. The van der Waals surface area contributed by atoms with Crippen LogP contribution in [-0.2, 0) is 4.79 Å². The molecule has 2 amide bonds. The number of benzene rings is 1. The van der Waals surface area contributed by atoms with Crippen LogP contribution in [0.4, 0.5) is 8.78 Å². The Bertz CT molecular complexity index is 930. The largest absolute Gasteiger partial charge is 0.342 e. The highest BCUT2D eigenvalue weighted by molar-refractivity contribution is 8.01. The van der Waals surface area contributed by atoms with Crippen LogP contribution in [0.25, 0.3) is 0 Å². The van der Waals surface area contributed by atoms with Gasteiger partial charge in [-0.05, 0) is 24.3 Å². The van der Waals surface area contributed by atoms with Crippen molar-refractivity contribution in [1.29, 1.82) is 5.26 Å². The van der Waals surface area contributed by atoms with Gasteiger partial charge in [0, 0.05) is 21.7 Å². The third kappa shape index (κ3) is 4.98. The maximum atomic E-state index is 13.4. The fourth-order valence-electron chi connectivity index (χ4n) is 2.55. The second-order valence-corrected chi connectivity index (χ2v) is 8.58. The first kappa shape index (κ1) is 20.5. The topological polar surface area (TPSA) is 86.1 Å². The van der Waals surface area contributed by atoms with Gasteiger partial charge in [0.25, 0.3) is 11.8 Å². The number of amides is 2. The predicted octanol–water partition coefficient (Wildman–Crippen LogP) is 3.44. The van der Waals surface area contributed by atoms with Gasteiger partial charge in [0.1, 0.15) is 11.7 Å². The molecule has 0 unspecified atom stereocenters. The second kappa shape index (κ2) is 8.43. The Morgan fingerprint density at radius 3 is 2.82 bits per heavy atom. The minimum Gasteiger partial charge on any atom is -0.342 e. The zero-order chi connectivity index (χ0) is 20.3. The lowest BCUT2D eigenvalue weighted by Gasteiger charge is -2.19. The van der Waals surface area contributed by atoms with Crippen LogP contribution >= 0.6 is 34.7 Å². The number of halogens is 3. The number of alkyl halides is 2. The summed E-state index contributed by atoms with van der Waals surface area (Å²) in [7, 11) is 0. The first-order valence-corrected chi connectivity index (χ1v) is 10.1. The van der Waals surface area contributed by atoms with Gasteiger partial charge in [0.15, 0.2) is 4.34 Å². The zero-order valence-electron chi connectivity index (χ0n) is 14.2. The molecular formula is C17H13ClF2N4O2S2. The Morgan fingerprint density at radius 1 is 1.43 bits per heavy atom. The van der Waals surface area contributed by atoms with Crippen molar-refractivity contribution in [3.05, 3.63) is 40.4 Å². The van der Waals surface area contributed by atoms with Crippen molar-refractivity contribution in [2.45, 2.75) is 27.6 Å². The highest BCUT2D eigenvalue weighted by atomic mass is 35.5.